The fourth-order valence-corrected chi connectivity index (χ4v) is 2.50. The normalized spacial score (nSPS) is 13.9. The number of hydrogen-bond acceptors (Lipinski definition) is 5. The van der Waals surface area contributed by atoms with E-state index in [0.717, 1.165) is 37.7 Å². The smallest absolute Gasteiger partial charge is 0.290 e. The van der Waals surface area contributed by atoms with Crippen LogP contribution in [0.1, 0.15) is 22.8 Å². The van der Waals surface area contributed by atoms with Gasteiger partial charge in [0.2, 0.25) is 0 Å². The molecule has 1 aliphatic heterocycles. The third kappa shape index (κ3) is 4.37. The number of benzene rings is 1. The third-order valence-corrected chi connectivity index (χ3v) is 3.43. The summed E-state index contributed by atoms with van der Waals surface area (Å²) in [5.41, 5.74) is 2.88. The van der Waals surface area contributed by atoms with Crippen molar-refractivity contribution in [3.63, 3.8) is 0 Å². The van der Waals surface area contributed by atoms with Crippen LogP contribution in [-0.4, -0.2) is 45.3 Å². The Morgan fingerprint density at radius 3 is 2.86 bits per heavy atom. The van der Waals surface area contributed by atoms with Crippen LogP contribution in [-0.2, 0) is 35.6 Å². The number of fused-ring (bicyclic) bond motifs is 1. The molecule has 2 aromatic rings. The molecule has 22 heavy (non-hydrogen) atoms. The van der Waals surface area contributed by atoms with Gasteiger partial charge in [0.05, 0.1) is 6.54 Å². The lowest BCUT2D eigenvalue weighted by atomic mass is 10.00. The van der Waals surface area contributed by atoms with Crippen LogP contribution in [0.2, 0.25) is 0 Å². The molecule has 0 unspecified atom stereocenters. The molecule has 7 nitrogen and oxygen atoms in total. The zero-order valence-corrected chi connectivity index (χ0v) is 12.5. The van der Waals surface area contributed by atoms with Crippen molar-refractivity contribution in [2.24, 2.45) is 0 Å². The lowest BCUT2D eigenvalue weighted by Gasteiger charge is -2.27. The molecule has 0 bridgehead atoms. The highest BCUT2D eigenvalue weighted by Gasteiger charge is 2.17. The second kappa shape index (κ2) is 8.26. The summed E-state index contributed by atoms with van der Waals surface area (Å²) >= 11 is 0. The second-order valence-corrected chi connectivity index (χ2v) is 4.97. The van der Waals surface area contributed by atoms with Gasteiger partial charge >= 0.3 is 0 Å². The van der Waals surface area contributed by atoms with Gasteiger partial charge in [0.1, 0.15) is 6.61 Å². The monoisotopic (exact) mass is 304 g/mol. The van der Waals surface area contributed by atoms with E-state index in [0.29, 0.717) is 6.61 Å². The van der Waals surface area contributed by atoms with E-state index in [1.165, 1.54) is 11.1 Å². The number of H-pyrrole nitrogens is 1. The van der Waals surface area contributed by atoms with Gasteiger partial charge in [-0.15, -0.1) is 0 Å². The first-order chi connectivity index (χ1) is 10.8. The van der Waals surface area contributed by atoms with Crippen LogP contribution in [0.5, 0.6) is 0 Å². The first-order valence-electron chi connectivity index (χ1n) is 7.03. The molecular weight excluding hydrogens is 284 g/mol. The number of carbonyl (C=O) groups is 1. The third-order valence-electron chi connectivity index (χ3n) is 3.43. The summed E-state index contributed by atoms with van der Waals surface area (Å²) in [5.74, 6) is 1.63. The number of nitrogens with zero attached hydrogens (tertiary/aromatic N) is 3. The van der Waals surface area contributed by atoms with Crippen molar-refractivity contribution in [1.82, 2.24) is 20.1 Å². The van der Waals surface area contributed by atoms with Gasteiger partial charge in [0.25, 0.3) is 6.47 Å². The number of ether oxygens (including phenoxy) is 1. The van der Waals surface area contributed by atoms with Crippen molar-refractivity contribution in [1.29, 1.82) is 0 Å². The van der Waals surface area contributed by atoms with Gasteiger partial charge in [0.15, 0.2) is 11.6 Å². The van der Waals surface area contributed by atoms with Gasteiger partial charge in [-0.2, -0.15) is 5.10 Å². The van der Waals surface area contributed by atoms with Crippen LogP contribution >= 0.6 is 0 Å². The van der Waals surface area contributed by atoms with E-state index in [2.05, 4.69) is 44.3 Å². The van der Waals surface area contributed by atoms with E-state index in [1.54, 1.807) is 7.11 Å². The first kappa shape index (κ1) is 16.1. The van der Waals surface area contributed by atoms with Gasteiger partial charge < -0.3 is 9.84 Å². The van der Waals surface area contributed by atoms with Gasteiger partial charge in [-0.05, 0) is 17.5 Å². The predicted molar refractivity (Wildman–Crippen MR) is 80.0 cm³/mol. The minimum Gasteiger partial charge on any atom is -0.483 e. The second-order valence-electron chi connectivity index (χ2n) is 4.97. The Morgan fingerprint density at radius 2 is 2.14 bits per heavy atom. The van der Waals surface area contributed by atoms with Crippen LogP contribution in [0.3, 0.4) is 0 Å². The highest BCUT2D eigenvalue weighted by molar-refractivity contribution is 5.32. The molecule has 0 radical (unpaired) electrons. The number of carboxylic acid groups (broad SMARTS) is 1. The summed E-state index contributed by atoms with van der Waals surface area (Å²) in [6.07, 6.45) is 1.10. The largest absolute Gasteiger partial charge is 0.483 e. The van der Waals surface area contributed by atoms with E-state index in [1.807, 2.05) is 0 Å². The molecule has 2 heterocycles. The van der Waals surface area contributed by atoms with Crippen LogP contribution in [0.4, 0.5) is 0 Å². The fraction of sp³-hybridized carbons (Fsp3) is 0.400. The van der Waals surface area contributed by atoms with E-state index in [4.69, 9.17) is 14.6 Å². The van der Waals surface area contributed by atoms with E-state index in [9.17, 15) is 0 Å². The van der Waals surface area contributed by atoms with E-state index in [-0.39, 0.29) is 6.47 Å². The molecule has 0 atom stereocenters. The van der Waals surface area contributed by atoms with E-state index < -0.39 is 0 Å². The molecule has 1 aliphatic rings. The SMILES string of the molecule is COCc1nc(CN2CCc3ccccc3C2)n[nH]1.O=CO. The van der Waals surface area contributed by atoms with Crippen molar-refractivity contribution >= 4 is 6.47 Å². The fourth-order valence-electron chi connectivity index (χ4n) is 2.50. The minimum atomic E-state index is -0.250. The summed E-state index contributed by atoms with van der Waals surface area (Å²) in [6.45, 7) is 3.06. The molecule has 0 spiro atoms. The van der Waals surface area contributed by atoms with Crippen molar-refractivity contribution in [3.05, 3.63) is 47.0 Å². The quantitative estimate of drug-likeness (QED) is 0.825. The Hall–Kier alpha value is -2.25. The lowest BCUT2D eigenvalue weighted by Crippen LogP contribution is -2.30. The van der Waals surface area contributed by atoms with Crippen LogP contribution in [0.25, 0.3) is 0 Å². The zero-order chi connectivity index (χ0) is 15.8. The number of hydrogen-bond donors (Lipinski definition) is 2. The van der Waals surface area contributed by atoms with Crippen molar-refractivity contribution in [2.45, 2.75) is 26.1 Å². The van der Waals surface area contributed by atoms with Crippen LogP contribution in [0.15, 0.2) is 24.3 Å². The van der Waals surface area contributed by atoms with Crippen LogP contribution < -0.4 is 0 Å². The number of methoxy groups -OCH3 is 1. The van der Waals surface area contributed by atoms with Gasteiger partial charge in [-0.3, -0.25) is 14.8 Å². The summed E-state index contributed by atoms with van der Waals surface area (Å²) in [6, 6.07) is 8.64. The summed E-state index contributed by atoms with van der Waals surface area (Å²) in [5, 5.41) is 14.0. The Kier molecular flexibility index (Phi) is 6.05. The van der Waals surface area contributed by atoms with Crippen molar-refractivity contribution in [3.8, 4) is 0 Å². The molecule has 2 N–H and O–H groups in total. The maximum absolute atomic E-state index is 8.36. The highest BCUT2D eigenvalue weighted by atomic mass is 16.5. The summed E-state index contributed by atoms with van der Waals surface area (Å²) in [7, 11) is 1.66. The minimum absolute atomic E-state index is 0.250. The number of aromatic nitrogens is 3. The van der Waals surface area contributed by atoms with Gasteiger partial charge in [-0.25, -0.2) is 4.98 Å². The zero-order valence-electron chi connectivity index (χ0n) is 12.5. The summed E-state index contributed by atoms with van der Waals surface area (Å²) in [4.78, 5) is 15.2. The molecule has 0 saturated carbocycles. The molecule has 118 valence electrons. The standard InChI is InChI=1S/C14H18N4O.CH2O2/c1-19-10-14-15-13(16-17-14)9-18-7-6-11-4-2-3-5-12(11)8-18;2-1-3/h2-5H,6-10H2,1H3,(H,15,16,17);1H,(H,2,3). The Morgan fingerprint density at radius 1 is 1.41 bits per heavy atom. The topological polar surface area (TPSA) is 91.3 Å². The average molecular weight is 304 g/mol. The number of rotatable bonds is 4. The molecule has 0 fully saturated rings. The molecule has 7 heteroatoms. The molecule has 1 aromatic heterocycles. The molecule has 3 rings (SSSR count). The Labute approximate surface area is 128 Å². The number of aromatic amines is 1. The Balaban J connectivity index is 0.000000545. The van der Waals surface area contributed by atoms with Crippen LogP contribution in [0, 0.1) is 0 Å². The molecular formula is C15H20N4O3. The first-order valence-corrected chi connectivity index (χ1v) is 7.03. The Bertz CT molecular complexity index is 600. The molecule has 0 amide bonds. The maximum Gasteiger partial charge on any atom is 0.290 e. The molecule has 1 aromatic carbocycles. The maximum atomic E-state index is 8.36. The van der Waals surface area contributed by atoms with Crippen molar-refractivity contribution < 1.29 is 14.6 Å². The highest BCUT2D eigenvalue weighted by Crippen LogP contribution is 2.19. The molecule has 0 aliphatic carbocycles. The average Bonchev–Trinajstić information content (AvgIpc) is 2.96. The van der Waals surface area contributed by atoms with Gasteiger partial charge in [0, 0.05) is 20.2 Å². The number of nitrogens with one attached hydrogen (secondary N) is 1. The summed E-state index contributed by atoms with van der Waals surface area (Å²) < 4.78 is 5.03. The van der Waals surface area contributed by atoms with E-state index >= 15 is 0 Å². The lowest BCUT2D eigenvalue weighted by molar-refractivity contribution is -0.122. The molecule has 0 saturated heterocycles. The van der Waals surface area contributed by atoms with Gasteiger partial charge in [-0.1, -0.05) is 24.3 Å². The predicted octanol–water partition coefficient (Wildman–Crippen LogP) is 1.21. The van der Waals surface area contributed by atoms with Crippen molar-refractivity contribution in [2.75, 3.05) is 13.7 Å².